The molecule has 1 N–H and O–H groups in total. The van der Waals surface area contributed by atoms with Crippen molar-refractivity contribution in [1.82, 2.24) is 0 Å². The minimum atomic E-state index is -0.778. The molecule has 1 aromatic carbocycles. The fraction of sp³-hybridized carbons (Fsp3) is 0.400. The van der Waals surface area contributed by atoms with E-state index in [0.29, 0.717) is 13.0 Å². The van der Waals surface area contributed by atoms with Crippen molar-refractivity contribution in [3.8, 4) is 5.75 Å². The van der Waals surface area contributed by atoms with Crippen molar-refractivity contribution >= 4 is 5.69 Å². The Hall–Kier alpha value is -1.25. The predicted molar refractivity (Wildman–Crippen MR) is 50.1 cm³/mol. The number of ether oxygens (including phenoxy) is 1. The lowest BCUT2D eigenvalue weighted by Crippen LogP contribution is -2.24. The van der Waals surface area contributed by atoms with Crippen LogP contribution in [0, 0.1) is 0 Å². The summed E-state index contributed by atoms with van der Waals surface area (Å²) >= 11 is 0. The normalized spacial score (nSPS) is 20.3. The van der Waals surface area contributed by atoms with Crippen molar-refractivity contribution in [2.24, 2.45) is 0 Å². The quantitative estimate of drug-likeness (QED) is 0.715. The lowest BCUT2D eigenvalue weighted by Gasteiger charge is -2.22. The summed E-state index contributed by atoms with van der Waals surface area (Å²) in [6.07, 6.45) is -0.292. The highest BCUT2D eigenvalue weighted by Gasteiger charge is 2.19. The molecule has 3 heteroatoms. The fourth-order valence-electron chi connectivity index (χ4n) is 1.64. The number of methoxy groups -OCH3 is 1. The Morgan fingerprint density at radius 2 is 2.38 bits per heavy atom. The molecule has 0 saturated carbocycles. The van der Waals surface area contributed by atoms with E-state index in [1.165, 1.54) is 0 Å². The maximum Gasteiger partial charge on any atom is 0.142 e. The summed E-state index contributed by atoms with van der Waals surface area (Å²) < 4.78 is 18.2. The van der Waals surface area contributed by atoms with Gasteiger partial charge in [0.1, 0.15) is 11.9 Å². The molecular formula is C10H12FNO. The molecule has 1 heterocycles. The van der Waals surface area contributed by atoms with Crippen LogP contribution in [0.4, 0.5) is 10.1 Å². The first kappa shape index (κ1) is 8.35. The molecule has 0 aliphatic carbocycles. The summed E-state index contributed by atoms with van der Waals surface area (Å²) in [6, 6.07) is 5.69. The highest BCUT2D eigenvalue weighted by molar-refractivity contribution is 5.63. The van der Waals surface area contributed by atoms with E-state index in [-0.39, 0.29) is 0 Å². The zero-order chi connectivity index (χ0) is 9.26. The molecule has 0 bridgehead atoms. The molecule has 1 aromatic rings. The van der Waals surface area contributed by atoms with Gasteiger partial charge in [-0.15, -0.1) is 0 Å². The molecule has 0 aromatic heterocycles. The van der Waals surface area contributed by atoms with Gasteiger partial charge in [0.15, 0.2) is 0 Å². The van der Waals surface area contributed by atoms with Crippen LogP contribution in [0.3, 0.4) is 0 Å². The smallest absolute Gasteiger partial charge is 0.142 e. The minimum Gasteiger partial charge on any atom is -0.495 e. The van der Waals surface area contributed by atoms with Crippen molar-refractivity contribution < 1.29 is 9.13 Å². The zero-order valence-corrected chi connectivity index (χ0v) is 7.51. The number of alkyl halides is 1. The lowest BCUT2D eigenvalue weighted by atomic mass is 10.0. The molecule has 1 atom stereocenters. The van der Waals surface area contributed by atoms with Crippen molar-refractivity contribution in [2.75, 3.05) is 19.0 Å². The number of anilines is 1. The number of benzene rings is 1. The number of halogens is 1. The summed E-state index contributed by atoms with van der Waals surface area (Å²) in [7, 11) is 1.62. The topological polar surface area (TPSA) is 21.3 Å². The van der Waals surface area contributed by atoms with Gasteiger partial charge in [-0.2, -0.15) is 0 Å². The van der Waals surface area contributed by atoms with E-state index in [1.54, 1.807) is 7.11 Å². The second-order valence-electron chi connectivity index (χ2n) is 3.18. The largest absolute Gasteiger partial charge is 0.495 e. The van der Waals surface area contributed by atoms with Crippen LogP contribution in [0.1, 0.15) is 5.56 Å². The fourth-order valence-corrected chi connectivity index (χ4v) is 1.64. The van der Waals surface area contributed by atoms with Crippen molar-refractivity contribution in [3.05, 3.63) is 23.8 Å². The molecule has 70 valence electrons. The number of rotatable bonds is 1. The van der Waals surface area contributed by atoms with Crippen LogP contribution in [-0.4, -0.2) is 19.8 Å². The van der Waals surface area contributed by atoms with E-state index in [2.05, 4.69) is 5.32 Å². The average molecular weight is 181 g/mol. The maximum absolute atomic E-state index is 13.0. The molecular weight excluding hydrogens is 169 g/mol. The van der Waals surface area contributed by atoms with Gasteiger partial charge in [-0.05, 0) is 11.6 Å². The van der Waals surface area contributed by atoms with Crippen LogP contribution in [-0.2, 0) is 6.42 Å². The summed E-state index contributed by atoms with van der Waals surface area (Å²) in [5.74, 6) is 0.796. The predicted octanol–water partition coefficient (Wildman–Crippen LogP) is 2.00. The SMILES string of the molecule is COc1cccc2c1NCC(F)C2. The average Bonchev–Trinajstić information content (AvgIpc) is 2.16. The molecule has 0 spiro atoms. The van der Waals surface area contributed by atoms with Gasteiger partial charge in [0.25, 0.3) is 0 Å². The molecule has 1 aliphatic rings. The van der Waals surface area contributed by atoms with Crippen LogP contribution in [0.25, 0.3) is 0 Å². The van der Waals surface area contributed by atoms with Gasteiger partial charge in [0, 0.05) is 13.0 Å². The van der Waals surface area contributed by atoms with Gasteiger partial charge in [0.2, 0.25) is 0 Å². The molecule has 0 fully saturated rings. The summed E-state index contributed by atoms with van der Waals surface area (Å²) in [5.41, 5.74) is 1.94. The van der Waals surface area contributed by atoms with E-state index in [9.17, 15) is 4.39 Å². The Morgan fingerprint density at radius 1 is 1.54 bits per heavy atom. The summed E-state index contributed by atoms with van der Waals surface area (Å²) in [5, 5.41) is 3.03. The van der Waals surface area contributed by atoms with Gasteiger partial charge in [-0.25, -0.2) is 4.39 Å². The number of hydrogen-bond donors (Lipinski definition) is 1. The van der Waals surface area contributed by atoms with Crippen molar-refractivity contribution in [3.63, 3.8) is 0 Å². The number of para-hydroxylation sites is 1. The Morgan fingerprint density at radius 3 is 3.15 bits per heavy atom. The molecule has 0 amide bonds. The first-order chi connectivity index (χ1) is 6.31. The molecule has 1 unspecified atom stereocenters. The number of hydrogen-bond acceptors (Lipinski definition) is 2. The number of nitrogens with one attached hydrogen (secondary N) is 1. The van der Waals surface area contributed by atoms with Crippen LogP contribution >= 0.6 is 0 Å². The summed E-state index contributed by atoms with van der Waals surface area (Å²) in [4.78, 5) is 0. The first-order valence-corrected chi connectivity index (χ1v) is 4.35. The van der Waals surface area contributed by atoms with Gasteiger partial charge in [-0.3, -0.25) is 0 Å². The monoisotopic (exact) mass is 181 g/mol. The second kappa shape index (κ2) is 3.24. The Labute approximate surface area is 76.7 Å². The van der Waals surface area contributed by atoms with E-state index in [4.69, 9.17) is 4.74 Å². The third kappa shape index (κ3) is 1.46. The molecule has 13 heavy (non-hydrogen) atoms. The van der Waals surface area contributed by atoms with Gasteiger partial charge in [-0.1, -0.05) is 12.1 Å². The standard InChI is InChI=1S/C10H12FNO/c1-13-9-4-2-3-7-5-8(11)6-12-10(7)9/h2-4,8,12H,5-6H2,1H3. The summed E-state index contributed by atoms with van der Waals surface area (Å²) in [6.45, 7) is 0.382. The minimum absolute atomic E-state index is 0.382. The molecule has 0 saturated heterocycles. The lowest BCUT2D eigenvalue weighted by molar-refractivity contribution is 0.339. The van der Waals surface area contributed by atoms with Crippen LogP contribution in [0.2, 0.25) is 0 Å². The van der Waals surface area contributed by atoms with E-state index < -0.39 is 6.17 Å². The molecule has 2 nitrogen and oxygen atoms in total. The highest BCUT2D eigenvalue weighted by atomic mass is 19.1. The first-order valence-electron chi connectivity index (χ1n) is 4.35. The van der Waals surface area contributed by atoms with Crippen molar-refractivity contribution in [2.45, 2.75) is 12.6 Å². The molecule has 1 aliphatic heterocycles. The van der Waals surface area contributed by atoms with Crippen molar-refractivity contribution in [1.29, 1.82) is 0 Å². The van der Waals surface area contributed by atoms with Gasteiger partial charge in [0.05, 0.1) is 12.8 Å². The molecule has 0 radical (unpaired) electrons. The maximum atomic E-state index is 13.0. The van der Waals surface area contributed by atoms with Crippen LogP contribution in [0.5, 0.6) is 5.75 Å². The number of fused-ring (bicyclic) bond motifs is 1. The van der Waals surface area contributed by atoms with E-state index in [0.717, 1.165) is 17.0 Å². The Kier molecular flexibility index (Phi) is 2.08. The zero-order valence-electron chi connectivity index (χ0n) is 7.51. The Bertz CT molecular complexity index is 314. The second-order valence-corrected chi connectivity index (χ2v) is 3.18. The van der Waals surface area contributed by atoms with Crippen LogP contribution < -0.4 is 10.1 Å². The third-order valence-electron chi connectivity index (χ3n) is 2.27. The van der Waals surface area contributed by atoms with Gasteiger partial charge < -0.3 is 10.1 Å². The van der Waals surface area contributed by atoms with E-state index >= 15 is 0 Å². The molecule has 2 rings (SSSR count). The van der Waals surface area contributed by atoms with Crippen LogP contribution in [0.15, 0.2) is 18.2 Å². The van der Waals surface area contributed by atoms with E-state index in [1.807, 2.05) is 18.2 Å². The third-order valence-corrected chi connectivity index (χ3v) is 2.27. The van der Waals surface area contributed by atoms with Gasteiger partial charge >= 0.3 is 0 Å². The Balaban J connectivity index is 2.39. The highest BCUT2D eigenvalue weighted by Crippen LogP contribution is 2.32.